The van der Waals surface area contributed by atoms with E-state index >= 15 is 0 Å². The molecule has 6 heteroatoms. The highest BCUT2D eigenvalue weighted by Gasteiger charge is 2.30. The Hall–Kier alpha value is -2.63. The average molecular weight is 380 g/mol. The molecule has 2 aliphatic rings. The number of hydrogen-bond acceptors (Lipinski definition) is 3. The summed E-state index contributed by atoms with van der Waals surface area (Å²) in [5.41, 5.74) is 4.36. The second kappa shape index (κ2) is 7.78. The minimum absolute atomic E-state index is 0.0177. The van der Waals surface area contributed by atoms with E-state index in [1.165, 1.54) is 6.42 Å². The van der Waals surface area contributed by atoms with Gasteiger partial charge in [-0.3, -0.25) is 9.59 Å². The highest BCUT2D eigenvalue weighted by molar-refractivity contribution is 6.04. The van der Waals surface area contributed by atoms with Gasteiger partial charge in [-0.15, -0.1) is 0 Å². The van der Waals surface area contributed by atoms with E-state index in [-0.39, 0.29) is 11.8 Å². The van der Waals surface area contributed by atoms with Crippen LogP contribution < -0.4 is 5.32 Å². The quantitative estimate of drug-likeness (QED) is 0.883. The minimum atomic E-state index is -0.243. The molecular weight excluding hydrogens is 352 g/mol. The number of benzene rings is 1. The predicted octanol–water partition coefficient (Wildman–Crippen LogP) is 3.71. The smallest absolute Gasteiger partial charge is 0.291 e. The highest BCUT2D eigenvalue weighted by Crippen LogP contribution is 2.25. The van der Waals surface area contributed by atoms with Crippen LogP contribution in [0.5, 0.6) is 0 Å². The molecule has 6 nitrogen and oxygen atoms in total. The first-order valence-corrected chi connectivity index (χ1v) is 10.3. The van der Waals surface area contributed by atoms with Crippen LogP contribution in [0.2, 0.25) is 0 Å². The zero-order chi connectivity index (χ0) is 19.7. The molecule has 2 aromatic rings. The molecule has 0 atom stereocenters. The van der Waals surface area contributed by atoms with Gasteiger partial charge in [-0.05, 0) is 64.0 Å². The average Bonchev–Trinajstić information content (AvgIpc) is 3.10. The van der Waals surface area contributed by atoms with Crippen molar-refractivity contribution in [2.75, 3.05) is 18.4 Å². The highest BCUT2D eigenvalue weighted by atomic mass is 16.2. The lowest BCUT2D eigenvalue weighted by Gasteiger charge is -2.26. The van der Waals surface area contributed by atoms with Crippen LogP contribution in [0.4, 0.5) is 5.69 Å². The second-order valence-electron chi connectivity index (χ2n) is 7.96. The van der Waals surface area contributed by atoms with Crippen molar-refractivity contribution in [3.8, 4) is 0 Å². The Labute approximate surface area is 165 Å². The van der Waals surface area contributed by atoms with Gasteiger partial charge in [-0.2, -0.15) is 0 Å². The number of amides is 2. The Morgan fingerprint density at radius 1 is 1.00 bits per heavy atom. The van der Waals surface area contributed by atoms with Crippen LogP contribution in [0, 0.1) is 13.8 Å². The number of piperidine rings is 1. The summed E-state index contributed by atoms with van der Waals surface area (Å²) in [5, 5.41) is 2.99. The van der Waals surface area contributed by atoms with E-state index in [2.05, 4.69) is 10.3 Å². The number of aryl methyl sites for hydroxylation is 2. The van der Waals surface area contributed by atoms with Crippen LogP contribution in [-0.2, 0) is 13.0 Å². The fraction of sp³-hybridized carbons (Fsp3) is 0.500. The second-order valence-corrected chi connectivity index (χ2v) is 7.96. The van der Waals surface area contributed by atoms with E-state index in [9.17, 15) is 9.59 Å². The monoisotopic (exact) mass is 380 g/mol. The van der Waals surface area contributed by atoms with E-state index in [4.69, 9.17) is 0 Å². The Bertz CT molecular complexity index is 910. The maximum absolute atomic E-state index is 13.1. The molecule has 148 valence electrons. The van der Waals surface area contributed by atoms with Crippen molar-refractivity contribution in [3.63, 3.8) is 0 Å². The SMILES string of the molecule is Cc1ccc(NC(=O)c2nc(C(=O)N3CCCCC3)c3n2CCCC3)c(C)c1. The maximum Gasteiger partial charge on any atom is 0.291 e. The first-order chi connectivity index (χ1) is 13.5. The van der Waals surface area contributed by atoms with Crippen LogP contribution in [0.3, 0.4) is 0 Å². The Balaban J connectivity index is 1.64. The van der Waals surface area contributed by atoms with Crippen LogP contribution >= 0.6 is 0 Å². The number of fused-ring (bicyclic) bond motifs is 1. The molecule has 0 unspecified atom stereocenters. The van der Waals surface area contributed by atoms with Crippen LogP contribution in [-0.4, -0.2) is 39.4 Å². The molecule has 0 aliphatic carbocycles. The predicted molar refractivity (Wildman–Crippen MR) is 109 cm³/mol. The summed E-state index contributed by atoms with van der Waals surface area (Å²) in [5.74, 6) is 0.0961. The van der Waals surface area contributed by atoms with Crippen molar-refractivity contribution in [2.24, 2.45) is 0 Å². The standard InChI is InChI=1S/C22H28N4O2/c1-15-9-10-17(16(2)14-15)23-21(27)20-24-19(18-8-4-7-13-26(18)20)22(28)25-11-5-3-6-12-25/h9-10,14H,3-8,11-13H2,1-2H3,(H,23,27). The number of nitrogens with one attached hydrogen (secondary N) is 1. The van der Waals surface area contributed by atoms with Gasteiger partial charge in [0.25, 0.3) is 11.8 Å². The molecule has 1 fully saturated rings. The van der Waals surface area contributed by atoms with Gasteiger partial charge in [0.1, 0.15) is 5.69 Å². The number of imidazole rings is 1. The Morgan fingerprint density at radius 3 is 2.50 bits per heavy atom. The van der Waals surface area contributed by atoms with Gasteiger partial charge in [-0.1, -0.05) is 17.7 Å². The molecule has 1 aromatic heterocycles. The largest absolute Gasteiger partial charge is 0.337 e. The van der Waals surface area contributed by atoms with Crippen LogP contribution in [0.25, 0.3) is 0 Å². The first kappa shape index (κ1) is 18.7. The van der Waals surface area contributed by atoms with Gasteiger partial charge in [0.05, 0.1) is 5.69 Å². The molecule has 4 rings (SSSR count). The van der Waals surface area contributed by atoms with Gasteiger partial charge < -0.3 is 14.8 Å². The van der Waals surface area contributed by atoms with Gasteiger partial charge >= 0.3 is 0 Å². The molecule has 1 N–H and O–H groups in total. The zero-order valence-electron chi connectivity index (χ0n) is 16.8. The Kier molecular flexibility index (Phi) is 5.20. The van der Waals surface area contributed by atoms with Crippen molar-refractivity contribution in [2.45, 2.75) is 58.9 Å². The third-order valence-corrected chi connectivity index (χ3v) is 5.80. The molecule has 3 heterocycles. The van der Waals surface area contributed by atoms with E-state index in [1.807, 2.05) is 41.5 Å². The molecule has 2 amide bonds. The van der Waals surface area contributed by atoms with E-state index < -0.39 is 0 Å². The fourth-order valence-electron chi connectivity index (χ4n) is 4.27. The van der Waals surface area contributed by atoms with Gasteiger partial charge in [-0.25, -0.2) is 4.98 Å². The minimum Gasteiger partial charge on any atom is -0.337 e. The lowest BCUT2D eigenvalue weighted by molar-refractivity contribution is 0.0717. The summed E-state index contributed by atoms with van der Waals surface area (Å²) < 4.78 is 1.96. The molecule has 0 bridgehead atoms. The third-order valence-electron chi connectivity index (χ3n) is 5.80. The molecule has 1 saturated heterocycles. The summed E-state index contributed by atoms with van der Waals surface area (Å²) in [6, 6.07) is 5.94. The first-order valence-electron chi connectivity index (χ1n) is 10.3. The van der Waals surface area contributed by atoms with E-state index in [0.717, 1.165) is 74.2 Å². The normalized spacial score (nSPS) is 16.6. The summed E-state index contributed by atoms with van der Waals surface area (Å²) in [4.78, 5) is 32.6. The number of rotatable bonds is 3. The fourth-order valence-corrected chi connectivity index (χ4v) is 4.27. The lowest BCUT2D eigenvalue weighted by Crippen LogP contribution is -2.36. The maximum atomic E-state index is 13.1. The summed E-state index contributed by atoms with van der Waals surface area (Å²) in [7, 11) is 0. The van der Waals surface area contributed by atoms with E-state index in [0.29, 0.717) is 11.5 Å². The summed E-state index contributed by atoms with van der Waals surface area (Å²) >= 11 is 0. The van der Waals surface area contributed by atoms with Gasteiger partial charge in [0, 0.05) is 25.3 Å². The molecule has 2 aliphatic heterocycles. The number of aromatic nitrogens is 2. The number of hydrogen-bond donors (Lipinski definition) is 1. The van der Waals surface area contributed by atoms with Gasteiger partial charge in [0.2, 0.25) is 0 Å². The van der Waals surface area contributed by atoms with Crippen molar-refractivity contribution < 1.29 is 9.59 Å². The molecule has 0 saturated carbocycles. The van der Waals surface area contributed by atoms with Crippen molar-refractivity contribution in [1.29, 1.82) is 0 Å². The zero-order valence-corrected chi connectivity index (χ0v) is 16.8. The van der Waals surface area contributed by atoms with Crippen molar-refractivity contribution in [3.05, 3.63) is 46.5 Å². The number of nitrogens with zero attached hydrogens (tertiary/aromatic N) is 3. The summed E-state index contributed by atoms with van der Waals surface area (Å²) in [6.45, 7) is 6.33. The summed E-state index contributed by atoms with van der Waals surface area (Å²) in [6.07, 6.45) is 6.10. The van der Waals surface area contributed by atoms with E-state index in [1.54, 1.807) is 0 Å². The van der Waals surface area contributed by atoms with Crippen LogP contribution in [0.1, 0.15) is 70.0 Å². The third kappa shape index (κ3) is 3.55. The molecule has 0 spiro atoms. The van der Waals surface area contributed by atoms with Crippen molar-refractivity contribution >= 4 is 17.5 Å². The lowest BCUT2D eigenvalue weighted by atomic mass is 10.1. The Morgan fingerprint density at radius 2 is 1.75 bits per heavy atom. The van der Waals surface area contributed by atoms with Crippen molar-refractivity contribution in [1.82, 2.24) is 14.5 Å². The number of anilines is 1. The molecule has 0 radical (unpaired) electrons. The van der Waals surface area contributed by atoms with Crippen LogP contribution in [0.15, 0.2) is 18.2 Å². The molecule has 28 heavy (non-hydrogen) atoms. The number of likely N-dealkylation sites (tertiary alicyclic amines) is 1. The topological polar surface area (TPSA) is 67.2 Å². The number of carbonyl (C=O) groups excluding carboxylic acids is 2. The van der Waals surface area contributed by atoms with Gasteiger partial charge in [0.15, 0.2) is 5.82 Å². The number of carbonyl (C=O) groups is 2. The molecular formula is C22H28N4O2. The molecule has 1 aromatic carbocycles.